The molecule has 0 aromatic carbocycles. The van der Waals surface area contributed by atoms with Gasteiger partial charge in [0, 0.05) is 0 Å². The molecular formula is C5H5N3O2. The molecule has 0 rings (SSSR count). The van der Waals surface area contributed by atoms with Crippen LogP contribution in [-0.4, -0.2) is 22.2 Å². The predicted octanol–water partition coefficient (Wildman–Crippen LogP) is -1.10. The average Bonchev–Trinajstić information content (AvgIpc) is 1.88. The van der Waals surface area contributed by atoms with Crippen molar-refractivity contribution in [2.24, 2.45) is 5.73 Å². The Kier molecular flexibility index (Phi) is 2.74. The highest BCUT2D eigenvalue weighted by atomic mass is 16.2. The molecule has 2 N–H and O–H groups in total. The maximum Gasteiger partial charge on any atom is 0.425 e. The van der Waals surface area contributed by atoms with Crippen LogP contribution < -0.4 is 5.73 Å². The van der Waals surface area contributed by atoms with E-state index in [1.165, 1.54) is 0 Å². The number of primary amides is 1. The number of carbonyl (C=O) groups excluding carboxylic acids is 2. The monoisotopic (exact) mass is 139 g/mol. The summed E-state index contributed by atoms with van der Waals surface area (Å²) in [6.07, 6.45) is 0.833. The molecule has 0 spiro atoms. The maximum atomic E-state index is 10.5. The summed E-state index contributed by atoms with van der Waals surface area (Å²) in [6.45, 7) is 3.06. The minimum Gasteiger partial charge on any atom is -0.360 e. The molecule has 0 aromatic rings. The quantitative estimate of drug-likeness (QED) is 0.176. The molecule has 0 aliphatic rings. The number of hydrogen-bond donors (Lipinski definition) is 1. The fourth-order valence-corrected chi connectivity index (χ4v) is 0.317. The van der Waals surface area contributed by atoms with Gasteiger partial charge in [0.05, 0.1) is 0 Å². The van der Waals surface area contributed by atoms with Crippen molar-refractivity contribution in [3.63, 3.8) is 0 Å². The second kappa shape index (κ2) is 3.32. The molecule has 0 fully saturated rings. The van der Waals surface area contributed by atoms with E-state index in [4.69, 9.17) is 5.53 Å². The molecule has 0 bridgehead atoms. The first-order valence-corrected chi connectivity index (χ1v) is 2.32. The molecule has 5 nitrogen and oxygen atoms in total. The lowest BCUT2D eigenvalue weighted by atomic mass is 10.2. The van der Waals surface area contributed by atoms with Gasteiger partial charge < -0.3 is 11.3 Å². The summed E-state index contributed by atoms with van der Waals surface area (Å²) in [7, 11) is 0. The lowest BCUT2D eigenvalue weighted by Crippen LogP contribution is -2.30. The van der Waals surface area contributed by atoms with E-state index in [0.717, 1.165) is 6.08 Å². The Morgan fingerprint density at radius 2 is 2.10 bits per heavy atom. The summed E-state index contributed by atoms with van der Waals surface area (Å²) in [4.78, 5) is 23.0. The number of ketones is 1. The molecule has 0 aliphatic carbocycles. The number of nitrogens with two attached hydrogens (primary N) is 1. The van der Waals surface area contributed by atoms with E-state index in [1.54, 1.807) is 0 Å². The van der Waals surface area contributed by atoms with E-state index in [2.05, 4.69) is 17.1 Å². The van der Waals surface area contributed by atoms with Gasteiger partial charge in [-0.15, -0.1) is 0 Å². The van der Waals surface area contributed by atoms with Crippen LogP contribution >= 0.6 is 0 Å². The van der Waals surface area contributed by atoms with Crippen LogP contribution in [0.4, 0.5) is 0 Å². The third-order valence-electron chi connectivity index (χ3n) is 0.752. The van der Waals surface area contributed by atoms with Crippen molar-refractivity contribution in [1.82, 2.24) is 0 Å². The van der Waals surface area contributed by atoms with Gasteiger partial charge in [0.1, 0.15) is 0 Å². The second-order valence-corrected chi connectivity index (χ2v) is 1.38. The van der Waals surface area contributed by atoms with Gasteiger partial charge in [0.15, 0.2) is 0 Å². The van der Waals surface area contributed by atoms with Crippen molar-refractivity contribution in [2.45, 2.75) is 0 Å². The van der Waals surface area contributed by atoms with Crippen LogP contribution in [0.25, 0.3) is 5.53 Å². The molecule has 0 heterocycles. The molecule has 0 saturated carbocycles. The number of rotatable bonds is 3. The normalized spacial score (nSPS) is 7.60. The van der Waals surface area contributed by atoms with Crippen molar-refractivity contribution in [1.29, 1.82) is 0 Å². The summed E-state index contributed by atoms with van der Waals surface area (Å²) in [5.41, 5.74) is 11.9. The van der Waals surface area contributed by atoms with Gasteiger partial charge in [0.2, 0.25) is 0 Å². The van der Waals surface area contributed by atoms with E-state index in [9.17, 15) is 9.59 Å². The highest BCUT2D eigenvalue weighted by Crippen LogP contribution is 1.75. The zero-order chi connectivity index (χ0) is 8.15. The highest BCUT2D eigenvalue weighted by Gasteiger charge is 2.23. The summed E-state index contributed by atoms with van der Waals surface area (Å²) >= 11 is 0. The number of allylic oxidation sites excluding steroid dienone is 1. The molecular weight excluding hydrogens is 134 g/mol. The van der Waals surface area contributed by atoms with Crippen LogP contribution in [-0.2, 0) is 9.59 Å². The zero-order valence-corrected chi connectivity index (χ0v) is 5.07. The Morgan fingerprint density at radius 1 is 1.60 bits per heavy atom. The van der Waals surface area contributed by atoms with Crippen LogP contribution in [0.5, 0.6) is 0 Å². The summed E-state index contributed by atoms with van der Waals surface area (Å²) < 4.78 is 0. The van der Waals surface area contributed by atoms with Crippen molar-refractivity contribution in [3.8, 4) is 0 Å². The fourth-order valence-electron chi connectivity index (χ4n) is 0.317. The zero-order valence-electron chi connectivity index (χ0n) is 5.07. The molecule has 0 radical (unpaired) electrons. The lowest BCUT2D eigenvalue weighted by molar-refractivity contribution is -0.121. The van der Waals surface area contributed by atoms with Crippen molar-refractivity contribution in [3.05, 3.63) is 18.2 Å². The van der Waals surface area contributed by atoms with Gasteiger partial charge >= 0.3 is 11.6 Å². The second-order valence-electron chi connectivity index (χ2n) is 1.38. The number of hydrogen-bond acceptors (Lipinski definition) is 2. The Morgan fingerprint density at radius 3 is 2.20 bits per heavy atom. The maximum absolute atomic E-state index is 10.5. The standard InChI is InChI=1S/C5H5N3O2/c1-2-3(9)4(8-7)5(6)10/h2H,1H2,(H2,6,10). The van der Waals surface area contributed by atoms with Crippen molar-refractivity contribution >= 4 is 17.4 Å². The van der Waals surface area contributed by atoms with E-state index in [-0.39, 0.29) is 0 Å². The van der Waals surface area contributed by atoms with Gasteiger partial charge in [0.25, 0.3) is 5.78 Å². The van der Waals surface area contributed by atoms with Crippen LogP contribution in [0, 0.1) is 0 Å². The lowest BCUT2D eigenvalue weighted by Gasteiger charge is -1.80. The van der Waals surface area contributed by atoms with E-state index in [0.29, 0.717) is 0 Å². The summed E-state index contributed by atoms with van der Waals surface area (Å²) in [6, 6.07) is 0. The molecule has 10 heavy (non-hydrogen) atoms. The minimum atomic E-state index is -1.08. The average molecular weight is 139 g/mol. The van der Waals surface area contributed by atoms with Gasteiger partial charge in [-0.2, -0.15) is 4.79 Å². The van der Waals surface area contributed by atoms with Gasteiger partial charge in [-0.05, 0) is 6.08 Å². The third kappa shape index (κ3) is 1.65. The first kappa shape index (κ1) is 8.26. The molecule has 0 saturated heterocycles. The van der Waals surface area contributed by atoms with Gasteiger partial charge in [-0.1, -0.05) is 6.58 Å². The minimum absolute atomic E-state index is 0.713. The number of amides is 1. The van der Waals surface area contributed by atoms with Gasteiger partial charge in [-0.3, -0.25) is 9.59 Å². The van der Waals surface area contributed by atoms with Crippen LogP contribution in [0.3, 0.4) is 0 Å². The van der Waals surface area contributed by atoms with Crippen LogP contribution in [0.15, 0.2) is 12.7 Å². The molecule has 5 heteroatoms. The fraction of sp³-hybridized carbons (Fsp3) is 0. The van der Waals surface area contributed by atoms with Crippen molar-refractivity contribution < 1.29 is 14.4 Å². The predicted molar refractivity (Wildman–Crippen MR) is 33.0 cm³/mol. The molecule has 0 aliphatic heterocycles. The first-order valence-electron chi connectivity index (χ1n) is 2.32. The Balaban J connectivity index is 4.72. The van der Waals surface area contributed by atoms with Gasteiger partial charge in [-0.25, -0.2) is 0 Å². The summed E-state index contributed by atoms with van der Waals surface area (Å²) in [5.74, 6) is -1.87. The molecule has 0 atom stereocenters. The molecule has 1 amide bonds. The highest BCUT2D eigenvalue weighted by molar-refractivity contribution is 6.65. The number of carbonyl (C=O) groups is 2. The van der Waals surface area contributed by atoms with E-state index >= 15 is 0 Å². The van der Waals surface area contributed by atoms with Crippen molar-refractivity contribution in [2.75, 3.05) is 0 Å². The van der Waals surface area contributed by atoms with Crippen LogP contribution in [0.2, 0.25) is 0 Å². The van der Waals surface area contributed by atoms with Crippen LogP contribution in [0.1, 0.15) is 0 Å². The SMILES string of the molecule is C=CC(=O)C(=[N+]=[N-])C(N)=O. The molecule has 0 aromatic heterocycles. The molecule has 0 unspecified atom stereocenters. The summed E-state index contributed by atoms with van der Waals surface area (Å²) in [5, 5.41) is 0. The number of nitrogens with zero attached hydrogens (tertiary/aromatic N) is 2. The Labute approximate surface area is 56.8 Å². The van der Waals surface area contributed by atoms with E-state index in [1.807, 2.05) is 0 Å². The largest absolute Gasteiger partial charge is 0.425 e. The topological polar surface area (TPSA) is 96.6 Å². The first-order chi connectivity index (χ1) is 4.63. The molecule has 52 valence electrons. The van der Waals surface area contributed by atoms with E-state index < -0.39 is 17.4 Å². The Hall–Kier alpha value is -1.74. The third-order valence-corrected chi connectivity index (χ3v) is 0.752. The Bertz CT molecular complexity index is 237. The smallest absolute Gasteiger partial charge is 0.360 e.